The number of likely N-dealkylation sites (N-methyl/N-ethyl adjacent to an activating group) is 1. The molecule has 5 heteroatoms. The highest BCUT2D eigenvalue weighted by Crippen LogP contribution is 2.15. The molecule has 0 fully saturated rings. The van der Waals surface area contributed by atoms with E-state index in [0.717, 1.165) is 31.7 Å². The van der Waals surface area contributed by atoms with Gasteiger partial charge in [0.15, 0.2) is 5.15 Å². The summed E-state index contributed by atoms with van der Waals surface area (Å²) in [6.07, 6.45) is 2.87. The molecule has 0 saturated carbocycles. The zero-order valence-corrected chi connectivity index (χ0v) is 10.9. The van der Waals surface area contributed by atoms with Gasteiger partial charge in [0, 0.05) is 25.7 Å². The standard InChI is InChI=1S/C11H19ClN4/c1-4-5-16(7-6-15(2)3)10-8-11(12)14-13-9-10/h8-9H,4-7H2,1-3H3. The van der Waals surface area contributed by atoms with Crippen molar-refractivity contribution in [2.24, 2.45) is 0 Å². The fourth-order valence-corrected chi connectivity index (χ4v) is 1.62. The molecule has 0 unspecified atom stereocenters. The molecule has 1 aromatic heterocycles. The van der Waals surface area contributed by atoms with Crippen molar-refractivity contribution in [2.75, 3.05) is 38.6 Å². The van der Waals surface area contributed by atoms with E-state index in [0.29, 0.717) is 5.15 Å². The van der Waals surface area contributed by atoms with Crippen LogP contribution in [-0.2, 0) is 0 Å². The molecule has 0 saturated heterocycles. The van der Waals surface area contributed by atoms with Crippen LogP contribution in [-0.4, -0.2) is 48.8 Å². The summed E-state index contributed by atoms with van der Waals surface area (Å²) in [5.41, 5.74) is 1.05. The second kappa shape index (κ2) is 6.66. The Morgan fingerprint density at radius 2 is 2.00 bits per heavy atom. The number of hydrogen-bond acceptors (Lipinski definition) is 4. The van der Waals surface area contributed by atoms with Gasteiger partial charge in [-0.15, -0.1) is 5.10 Å². The number of anilines is 1. The molecule has 1 aromatic rings. The van der Waals surface area contributed by atoms with Crippen molar-refractivity contribution in [1.82, 2.24) is 15.1 Å². The van der Waals surface area contributed by atoms with Gasteiger partial charge in [0.2, 0.25) is 0 Å². The monoisotopic (exact) mass is 242 g/mol. The first-order valence-electron chi connectivity index (χ1n) is 5.51. The number of rotatable bonds is 6. The van der Waals surface area contributed by atoms with E-state index in [1.807, 2.05) is 6.07 Å². The average Bonchev–Trinajstić information content (AvgIpc) is 2.24. The zero-order chi connectivity index (χ0) is 12.0. The van der Waals surface area contributed by atoms with Crippen molar-refractivity contribution < 1.29 is 0 Å². The molecule has 0 atom stereocenters. The lowest BCUT2D eigenvalue weighted by molar-refractivity contribution is 0.413. The summed E-state index contributed by atoms with van der Waals surface area (Å²) in [6.45, 7) is 5.16. The van der Waals surface area contributed by atoms with Gasteiger partial charge in [-0.2, -0.15) is 5.10 Å². The van der Waals surface area contributed by atoms with E-state index in [1.54, 1.807) is 6.20 Å². The second-order valence-electron chi connectivity index (χ2n) is 4.03. The van der Waals surface area contributed by atoms with E-state index < -0.39 is 0 Å². The first-order valence-corrected chi connectivity index (χ1v) is 5.89. The van der Waals surface area contributed by atoms with Crippen LogP contribution < -0.4 is 4.90 Å². The van der Waals surface area contributed by atoms with Crippen LogP contribution in [0.15, 0.2) is 12.3 Å². The third-order valence-electron chi connectivity index (χ3n) is 2.29. The second-order valence-corrected chi connectivity index (χ2v) is 4.41. The van der Waals surface area contributed by atoms with Crippen molar-refractivity contribution >= 4 is 17.3 Å². The van der Waals surface area contributed by atoms with Gasteiger partial charge in [0.25, 0.3) is 0 Å². The predicted molar refractivity (Wildman–Crippen MR) is 68.1 cm³/mol. The van der Waals surface area contributed by atoms with Gasteiger partial charge >= 0.3 is 0 Å². The molecular weight excluding hydrogens is 224 g/mol. The smallest absolute Gasteiger partial charge is 0.153 e. The fraction of sp³-hybridized carbons (Fsp3) is 0.636. The first-order chi connectivity index (χ1) is 7.63. The summed E-state index contributed by atoms with van der Waals surface area (Å²) in [7, 11) is 4.14. The van der Waals surface area contributed by atoms with Crippen molar-refractivity contribution in [1.29, 1.82) is 0 Å². The minimum atomic E-state index is 0.448. The molecule has 0 aliphatic rings. The summed E-state index contributed by atoms with van der Waals surface area (Å²) < 4.78 is 0. The SMILES string of the molecule is CCCN(CCN(C)C)c1cnnc(Cl)c1. The van der Waals surface area contributed by atoms with Gasteiger partial charge in [-0.1, -0.05) is 18.5 Å². The Morgan fingerprint density at radius 1 is 1.25 bits per heavy atom. The lowest BCUT2D eigenvalue weighted by Gasteiger charge is -2.25. The summed E-state index contributed by atoms with van der Waals surface area (Å²) in [5, 5.41) is 8.08. The summed E-state index contributed by atoms with van der Waals surface area (Å²) in [5.74, 6) is 0. The quantitative estimate of drug-likeness (QED) is 0.763. The minimum absolute atomic E-state index is 0.448. The first kappa shape index (κ1) is 13.2. The van der Waals surface area contributed by atoms with Crippen molar-refractivity contribution in [3.05, 3.63) is 17.4 Å². The summed E-state index contributed by atoms with van der Waals surface area (Å²) in [4.78, 5) is 4.44. The number of nitrogens with zero attached hydrogens (tertiary/aromatic N) is 4. The summed E-state index contributed by atoms with van der Waals surface area (Å²) in [6, 6.07) is 1.86. The van der Waals surface area contributed by atoms with Crippen molar-refractivity contribution in [3.63, 3.8) is 0 Å². The molecule has 0 aromatic carbocycles. The van der Waals surface area contributed by atoms with Crippen LogP contribution in [0.1, 0.15) is 13.3 Å². The van der Waals surface area contributed by atoms with Crippen LogP contribution in [0.3, 0.4) is 0 Å². The Morgan fingerprint density at radius 3 is 2.56 bits per heavy atom. The van der Waals surface area contributed by atoms with Crippen LogP contribution in [0.25, 0.3) is 0 Å². The molecule has 90 valence electrons. The van der Waals surface area contributed by atoms with Gasteiger partial charge < -0.3 is 9.80 Å². The van der Waals surface area contributed by atoms with E-state index in [-0.39, 0.29) is 0 Å². The highest BCUT2D eigenvalue weighted by atomic mass is 35.5. The molecule has 1 heterocycles. The Balaban J connectivity index is 2.68. The van der Waals surface area contributed by atoms with Gasteiger partial charge in [-0.3, -0.25) is 0 Å². The van der Waals surface area contributed by atoms with E-state index in [9.17, 15) is 0 Å². The molecule has 16 heavy (non-hydrogen) atoms. The molecule has 4 nitrogen and oxygen atoms in total. The van der Waals surface area contributed by atoms with E-state index in [1.165, 1.54) is 0 Å². The van der Waals surface area contributed by atoms with Crippen molar-refractivity contribution in [3.8, 4) is 0 Å². The van der Waals surface area contributed by atoms with E-state index in [4.69, 9.17) is 11.6 Å². The molecule has 0 spiro atoms. The average molecular weight is 243 g/mol. The maximum atomic E-state index is 5.84. The number of halogens is 1. The molecule has 1 rings (SSSR count). The highest BCUT2D eigenvalue weighted by Gasteiger charge is 2.07. The van der Waals surface area contributed by atoms with Gasteiger partial charge in [0.1, 0.15) is 0 Å². The molecule has 0 aliphatic heterocycles. The lowest BCUT2D eigenvalue weighted by atomic mass is 10.3. The Hall–Kier alpha value is -0.870. The Kier molecular flexibility index (Phi) is 5.49. The molecule has 0 bridgehead atoms. The van der Waals surface area contributed by atoms with Gasteiger partial charge in [-0.25, -0.2) is 0 Å². The lowest BCUT2D eigenvalue weighted by Crippen LogP contribution is -2.32. The number of hydrogen-bond donors (Lipinski definition) is 0. The molecule has 0 aliphatic carbocycles. The van der Waals surface area contributed by atoms with Crippen LogP contribution in [0.4, 0.5) is 5.69 Å². The fourth-order valence-electron chi connectivity index (χ4n) is 1.46. The van der Waals surface area contributed by atoms with Gasteiger partial charge in [-0.05, 0) is 20.5 Å². The molecule has 0 N–H and O–H groups in total. The van der Waals surface area contributed by atoms with E-state index >= 15 is 0 Å². The van der Waals surface area contributed by atoms with Crippen LogP contribution in [0, 0.1) is 0 Å². The third-order valence-corrected chi connectivity index (χ3v) is 2.47. The zero-order valence-electron chi connectivity index (χ0n) is 10.1. The molecule has 0 radical (unpaired) electrons. The maximum absolute atomic E-state index is 5.84. The number of aromatic nitrogens is 2. The normalized spacial score (nSPS) is 10.8. The van der Waals surface area contributed by atoms with Crippen LogP contribution in [0.5, 0.6) is 0 Å². The van der Waals surface area contributed by atoms with E-state index in [2.05, 4.69) is 41.0 Å². The van der Waals surface area contributed by atoms with Crippen LogP contribution >= 0.6 is 11.6 Å². The Bertz CT molecular complexity index is 317. The largest absolute Gasteiger partial charge is 0.369 e. The minimum Gasteiger partial charge on any atom is -0.369 e. The molecular formula is C11H19ClN4. The topological polar surface area (TPSA) is 32.3 Å². The summed E-state index contributed by atoms with van der Waals surface area (Å²) >= 11 is 5.84. The van der Waals surface area contributed by atoms with Gasteiger partial charge in [0.05, 0.1) is 11.9 Å². The highest BCUT2D eigenvalue weighted by molar-refractivity contribution is 6.29. The maximum Gasteiger partial charge on any atom is 0.153 e. The molecule has 0 amide bonds. The van der Waals surface area contributed by atoms with Crippen molar-refractivity contribution in [2.45, 2.75) is 13.3 Å². The van der Waals surface area contributed by atoms with Crippen LogP contribution in [0.2, 0.25) is 5.15 Å². The predicted octanol–water partition coefficient (Wildman–Crippen LogP) is 1.91. The Labute approximate surface area is 102 Å². The third kappa shape index (κ3) is 4.33.